The monoisotopic (exact) mass is 289 g/mol. The molecule has 1 aromatic carbocycles. The van der Waals surface area contributed by atoms with Gasteiger partial charge in [0, 0.05) is 5.39 Å². The molecule has 0 amide bonds. The number of fused-ring (bicyclic) bond motifs is 1. The van der Waals surface area contributed by atoms with Gasteiger partial charge in [0.25, 0.3) is 0 Å². The van der Waals surface area contributed by atoms with Crippen molar-refractivity contribution in [3.63, 3.8) is 0 Å². The Morgan fingerprint density at radius 2 is 2.00 bits per heavy atom. The number of benzene rings is 1. The van der Waals surface area contributed by atoms with Crippen molar-refractivity contribution >= 4 is 28.6 Å². The molecule has 0 aliphatic carbocycles. The Hall–Kier alpha value is -1.55. The van der Waals surface area contributed by atoms with Gasteiger partial charge in [-0.15, -0.1) is 0 Å². The lowest BCUT2D eigenvalue weighted by atomic mass is 10.0. The van der Waals surface area contributed by atoms with Gasteiger partial charge in [0.15, 0.2) is 0 Å². The molecule has 20 heavy (non-hydrogen) atoms. The van der Waals surface area contributed by atoms with Crippen LogP contribution in [0.15, 0.2) is 23.2 Å². The molecule has 106 valence electrons. The highest BCUT2D eigenvalue weighted by molar-refractivity contribution is 7.99. The minimum Gasteiger partial charge on any atom is -0.465 e. The second kappa shape index (κ2) is 6.27. The second-order valence-electron chi connectivity index (χ2n) is 4.77. The number of ether oxygens (including phenoxy) is 1. The van der Waals surface area contributed by atoms with Gasteiger partial charge in [0.2, 0.25) is 0 Å². The summed E-state index contributed by atoms with van der Waals surface area (Å²) in [4.78, 5) is 16.1. The van der Waals surface area contributed by atoms with Gasteiger partial charge < -0.3 is 4.74 Å². The van der Waals surface area contributed by atoms with E-state index < -0.39 is 0 Å². The fraction of sp³-hybridized carbons (Fsp3) is 0.375. The van der Waals surface area contributed by atoms with Gasteiger partial charge in [-0.25, -0.2) is 4.98 Å². The van der Waals surface area contributed by atoms with Crippen LogP contribution in [0.4, 0.5) is 0 Å². The summed E-state index contributed by atoms with van der Waals surface area (Å²) < 4.78 is 4.94. The minimum absolute atomic E-state index is 0.196. The Kier molecular flexibility index (Phi) is 4.65. The zero-order valence-electron chi connectivity index (χ0n) is 12.3. The van der Waals surface area contributed by atoms with Crippen molar-refractivity contribution in [2.45, 2.75) is 32.7 Å². The van der Waals surface area contributed by atoms with Gasteiger partial charge >= 0.3 is 5.97 Å². The van der Waals surface area contributed by atoms with Crippen LogP contribution in [0.5, 0.6) is 0 Å². The number of hydrogen-bond donors (Lipinski definition) is 0. The molecule has 0 fully saturated rings. The molecular weight excluding hydrogens is 270 g/mol. The van der Waals surface area contributed by atoms with Gasteiger partial charge in [0.05, 0.1) is 22.9 Å². The van der Waals surface area contributed by atoms with E-state index in [1.807, 2.05) is 13.0 Å². The van der Waals surface area contributed by atoms with Crippen LogP contribution in [0.25, 0.3) is 10.9 Å². The van der Waals surface area contributed by atoms with Crippen molar-refractivity contribution < 1.29 is 9.53 Å². The molecule has 1 heterocycles. The van der Waals surface area contributed by atoms with Crippen molar-refractivity contribution in [3.05, 3.63) is 34.9 Å². The molecule has 0 saturated heterocycles. The van der Waals surface area contributed by atoms with Crippen LogP contribution in [0.2, 0.25) is 0 Å². The van der Waals surface area contributed by atoms with E-state index in [2.05, 4.69) is 37.9 Å². The zero-order chi connectivity index (χ0) is 14.7. The summed E-state index contributed by atoms with van der Waals surface area (Å²) in [5.41, 5.74) is 4.64. The van der Waals surface area contributed by atoms with Gasteiger partial charge in [-0.05, 0) is 50.5 Å². The van der Waals surface area contributed by atoms with E-state index in [1.165, 1.54) is 33.8 Å². The van der Waals surface area contributed by atoms with E-state index in [9.17, 15) is 4.79 Å². The van der Waals surface area contributed by atoms with E-state index in [1.54, 1.807) is 0 Å². The number of thioether (sulfide) groups is 1. The highest BCUT2D eigenvalue weighted by atomic mass is 32.2. The maximum absolute atomic E-state index is 11.4. The molecule has 4 heteroatoms. The average molecular weight is 289 g/mol. The van der Waals surface area contributed by atoms with E-state index >= 15 is 0 Å². The SMILES string of the molecule is CCOC(=O)CSc1cc(C)c2ccc(C)c(C)c2n1. The maximum atomic E-state index is 11.4. The minimum atomic E-state index is -0.196. The van der Waals surface area contributed by atoms with Crippen molar-refractivity contribution in [2.24, 2.45) is 0 Å². The number of rotatable bonds is 4. The Morgan fingerprint density at radius 1 is 1.25 bits per heavy atom. The summed E-state index contributed by atoms with van der Waals surface area (Å²) in [7, 11) is 0. The fourth-order valence-corrected chi connectivity index (χ4v) is 2.84. The van der Waals surface area contributed by atoms with E-state index in [0.29, 0.717) is 12.4 Å². The first-order chi connectivity index (χ1) is 9.52. The molecule has 1 aromatic heterocycles. The molecule has 2 rings (SSSR count). The molecule has 0 atom stereocenters. The first kappa shape index (κ1) is 14.9. The maximum Gasteiger partial charge on any atom is 0.316 e. The first-order valence-electron chi connectivity index (χ1n) is 6.69. The lowest BCUT2D eigenvalue weighted by Gasteiger charge is -2.10. The summed E-state index contributed by atoms with van der Waals surface area (Å²) in [5.74, 6) is 0.106. The Balaban J connectivity index is 2.32. The van der Waals surface area contributed by atoms with Crippen molar-refractivity contribution in [1.29, 1.82) is 0 Å². The number of aryl methyl sites for hydroxylation is 3. The van der Waals surface area contributed by atoms with Crippen LogP contribution in [0.3, 0.4) is 0 Å². The van der Waals surface area contributed by atoms with E-state index in [-0.39, 0.29) is 5.97 Å². The van der Waals surface area contributed by atoms with Crippen LogP contribution in [-0.4, -0.2) is 23.3 Å². The number of pyridine rings is 1. The molecule has 3 nitrogen and oxygen atoms in total. The van der Waals surface area contributed by atoms with Crippen LogP contribution in [0.1, 0.15) is 23.6 Å². The van der Waals surface area contributed by atoms with Gasteiger partial charge in [-0.3, -0.25) is 4.79 Å². The third kappa shape index (κ3) is 3.12. The number of aromatic nitrogens is 1. The van der Waals surface area contributed by atoms with E-state index in [0.717, 1.165) is 10.5 Å². The third-order valence-corrected chi connectivity index (χ3v) is 4.22. The lowest BCUT2D eigenvalue weighted by molar-refractivity contribution is -0.139. The predicted octanol–water partition coefficient (Wildman–Crippen LogP) is 3.82. The summed E-state index contributed by atoms with van der Waals surface area (Å²) in [6.07, 6.45) is 0. The Labute approximate surface area is 123 Å². The predicted molar refractivity (Wildman–Crippen MR) is 83.3 cm³/mol. The quantitative estimate of drug-likeness (QED) is 0.633. The number of carbonyl (C=O) groups is 1. The molecule has 0 unspecified atom stereocenters. The second-order valence-corrected chi connectivity index (χ2v) is 5.77. The fourth-order valence-electron chi connectivity index (χ4n) is 2.08. The van der Waals surface area contributed by atoms with Crippen LogP contribution in [0, 0.1) is 20.8 Å². The average Bonchev–Trinajstić information content (AvgIpc) is 2.41. The van der Waals surface area contributed by atoms with Crippen molar-refractivity contribution in [1.82, 2.24) is 4.98 Å². The molecule has 0 spiro atoms. The largest absolute Gasteiger partial charge is 0.465 e. The highest BCUT2D eigenvalue weighted by Gasteiger charge is 2.09. The molecule has 0 aliphatic heterocycles. The summed E-state index contributed by atoms with van der Waals surface area (Å²) in [5, 5.41) is 2.05. The molecule has 0 bridgehead atoms. The number of esters is 1. The molecule has 0 saturated carbocycles. The number of hydrogen-bond acceptors (Lipinski definition) is 4. The van der Waals surface area contributed by atoms with Gasteiger partial charge in [0.1, 0.15) is 0 Å². The standard InChI is InChI=1S/C16H19NO2S/c1-5-19-15(18)9-20-14-8-11(3)13-7-6-10(2)12(4)16(13)17-14/h6-8H,5,9H2,1-4H3. The summed E-state index contributed by atoms with van der Waals surface area (Å²) in [6.45, 7) is 8.48. The third-order valence-electron chi connectivity index (χ3n) is 3.33. The Bertz CT molecular complexity index is 652. The van der Waals surface area contributed by atoms with E-state index in [4.69, 9.17) is 4.74 Å². The molecule has 0 aliphatic rings. The van der Waals surface area contributed by atoms with Gasteiger partial charge in [-0.2, -0.15) is 0 Å². The van der Waals surface area contributed by atoms with Gasteiger partial charge in [-0.1, -0.05) is 23.9 Å². The zero-order valence-corrected chi connectivity index (χ0v) is 13.1. The molecular formula is C16H19NO2S. The topological polar surface area (TPSA) is 39.2 Å². The van der Waals surface area contributed by atoms with Crippen LogP contribution in [-0.2, 0) is 9.53 Å². The number of carbonyl (C=O) groups excluding carboxylic acids is 1. The molecule has 0 radical (unpaired) electrons. The normalized spacial score (nSPS) is 10.8. The summed E-state index contributed by atoms with van der Waals surface area (Å²) >= 11 is 1.43. The first-order valence-corrected chi connectivity index (χ1v) is 7.67. The van der Waals surface area contributed by atoms with Crippen LogP contribution < -0.4 is 0 Å². The number of nitrogens with zero attached hydrogens (tertiary/aromatic N) is 1. The molecule has 0 N–H and O–H groups in total. The summed E-state index contributed by atoms with van der Waals surface area (Å²) in [6, 6.07) is 6.26. The Morgan fingerprint density at radius 3 is 2.70 bits per heavy atom. The van der Waals surface area contributed by atoms with Crippen molar-refractivity contribution in [3.8, 4) is 0 Å². The smallest absolute Gasteiger partial charge is 0.316 e. The van der Waals surface area contributed by atoms with Crippen molar-refractivity contribution in [2.75, 3.05) is 12.4 Å². The lowest BCUT2D eigenvalue weighted by Crippen LogP contribution is -2.06. The van der Waals surface area contributed by atoms with Crippen LogP contribution >= 0.6 is 11.8 Å². The molecule has 2 aromatic rings. The highest BCUT2D eigenvalue weighted by Crippen LogP contribution is 2.27.